The number of nitrogens with zero attached hydrogens (tertiary/aromatic N) is 3. The van der Waals surface area contributed by atoms with E-state index in [0.717, 1.165) is 44.7 Å². The number of carbonyl (C=O) groups is 3. The number of fused-ring (bicyclic) bond motifs is 1. The predicted octanol–water partition coefficient (Wildman–Crippen LogP) is 3.00. The highest BCUT2D eigenvalue weighted by atomic mass is 19.1. The highest BCUT2D eigenvalue weighted by molar-refractivity contribution is 5.99. The smallest absolute Gasteiger partial charge is 0.324 e. The Kier molecular flexibility index (Phi) is 8.84. The molecule has 9 nitrogen and oxygen atoms in total. The maximum atomic E-state index is 14.1. The number of halogens is 1. The number of piperazine rings is 1. The minimum absolute atomic E-state index is 0.00909. The molecule has 3 aliphatic rings. The van der Waals surface area contributed by atoms with Gasteiger partial charge in [0, 0.05) is 44.7 Å². The first-order valence-electron chi connectivity index (χ1n) is 14.2. The van der Waals surface area contributed by atoms with Gasteiger partial charge in [0.05, 0.1) is 25.3 Å². The van der Waals surface area contributed by atoms with Gasteiger partial charge in [0.25, 0.3) is 0 Å². The number of urea groups is 1. The number of anilines is 1. The highest BCUT2D eigenvalue weighted by Crippen LogP contribution is 2.33. The molecule has 1 saturated carbocycles. The number of para-hydroxylation sites is 1. The molecule has 10 heteroatoms. The van der Waals surface area contributed by atoms with Crippen LogP contribution in [0.25, 0.3) is 0 Å². The Hall–Kier alpha value is -3.66. The minimum atomic E-state index is -0.404. The Labute approximate surface area is 234 Å². The zero-order valence-electron chi connectivity index (χ0n) is 23.0. The normalized spacial score (nSPS) is 23.4. The highest BCUT2D eigenvalue weighted by Gasteiger charge is 2.45. The zero-order chi connectivity index (χ0) is 28.1. The number of methoxy groups -OCH3 is 1. The summed E-state index contributed by atoms with van der Waals surface area (Å²) in [4.78, 5) is 44.5. The van der Waals surface area contributed by atoms with E-state index >= 15 is 0 Å². The van der Waals surface area contributed by atoms with Gasteiger partial charge >= 0.3 is 6.03 Å². The van der Waals surface area contributed by atoms with Crippen LogP contribution in [0.15, 0.2) is 48.5 Å². The second-order valence-corrected chi connectivity index (χ2v) is 10.9. The number of nitrogens with one attached hydrogen (secondary N) is 2. The summed E-state index contributed by atoms with van der Waals surface area (Å²) in [6, 6.07) is 13.5. The lowest BCUT2D eigenvalue weighted by molar-refractivity contribution is -0.139. The Morgan fingerprint density at radius 3 is 2.52 bits per heavy atom. The standard InChI is InChI=1S/C30H38FN5O4/c1-40-23-10-7-21(8-11-23)20-36-29(38)24-12-9-22(19-26(24)33-30(36)39)28(37)32-13-4-14-34-15-17-35(18-16-34)27-6-3-2-5-25(27)31/h2-3,5-8,10-11,22,24,26H,4,9,12-20H2,1H3,(H,32,37)(H,33,39). The van der Waals surface area contributed by atoms with Crippen LogP contribution in [0.1, 0.15) is 31.2 Å². The molecule has 2 aromatic rings. The van der Waals surface area contributed by atoms with Crippen molar-refractivity contribution in [3.05, 3.63) is 59.9 Å². The summed E-state index contributed by atoms with van der Waals surface area (Å²) in [5.74, 6) is -0.163. The van der Waals surface area contributed by atoms with Crippen LogP contribution < -0.4 is 20.3 Å². The SMILES string of the molecule is COc1ccc(CN2C(=O)NC3CC(C(=O)NCCCN4CCN(c5ccccc5F)CC4)CCC3C2=O)cc1. The number of rotatable bonds is 9. The molecule has 3 atom stereocenters. The molecule has 2 aliphatic heterocycles. The number of hydrogen-bond donors (Lipinski definition) is 2. The second-order valence-electron chi connectivity index (χ2n) is 10.9. The van der Waals surface area contributed by atoms with Crippen molar-refractivity contribution >= 4 is 23.5 Å². The van der Waals surface area contributed by atoms with Crippen LogP contribution >= 0.6 is 0 Å². The molecule has 2 N–H and O–H groups in total. The molecule has 0 radical (unpaired) electrons. The van der Waals surface area contributed by atoms with Crippen molar-refractivity contribution in [1.29, 1.82) is 0 Å². The maximum Gasteiger partial charge on any atom is 0.324 e. The molecule has 3 fully saturated rings. The Balaban J connectivity index is 1.02. The Bertz CT molecular complexity index is 1200. The molecule has 2 heterocycles. The molecule has 0 bridgehead atoms. The lowest BCUT2D eigenvalue weighted by Crippen LogP contribution is -2.61. The lowest BCUT2D eigenvalue weighted by Gasteiger charge is -2.42. The Morgan fingerprint density at radius 2 is 1.80 bits per heavy atom. The molecule has 40 heavy (non-hydrogen) atoms. The average molecular weight is 552 g/mol. The number of benzene rings is 2. The molecule has 2 aromatic carbocycles. The van der Waals surface area contributed by atoms with Gasteiger partial charge in [0.1, 0.15) is 11.6 Å². The fourth-order valence-electron chi connectivity index (χ4n) is 6.04. The summed E-state index contributed by atoms with van der Waals surface area (Å²) in [6.07, 6.45) is 2.51. The van der Waals surface area contributed by atoms with E-state index in [0.29, 0.717) is 37.2 Å². The fraction of sp³-hybridized carbons (Fsp3) is 0.500. The van der Waals surface area contributed by atoms with Crippen LogP contribution in [-0.4, -0.2) is 80.1 Å². The van der Waals surface area contributed by atoms with E-state index in [1.54, 1.807) is 13.2 Å². The van der Waals surface area contributed by atoms with Crippen molar-refractivity contribution in [2.24, 2.45) is 11.8 Å². The van der Waals surface area contributed by atoms with Gasteiger partial charge in [-0.1, -0.05) is 24.3 Å². The molecule has 4 amide bonds. The number of ether oxygens (including phenoxy) is 1. The maximum absolute atomic E-state index is 14.1. The van der Waals surface area contributed by atoms with Gasteiger partial charge in [-0.25, -0.2) is 9.18 Å². The summed E-state index contributed by atoms with van der Waals surface area (Å²) in [6.45, 7) is 4.93. The van der Waals surface area contributed by atoms with E-state index in [-0.39, 0.29) is 42.1 Å². The molecule has 214 valence electrons. The molecular weight excluding hydrogens is 513 g/mol. The van der Waals surface area contributed by atoms with Gasteiger partial charge in [-0.05, 0) is 62.1 Å². The van der Waals surface area contributed by atoms with Gasteiger partial charge in [0.2, 0.25) is 11.8 Å². The third kappa shape index (κ3) is 6.38. The Morgan fingerprint density at radius 1 is 1.05 bits per heavy atom. The van der Waals surface area contributed by atoms with Gasteiger partial charge in [-0.2, -0.15) is 0 Å². The van der Waals surface area contributed by atoms with Crippen molar-refractivity contribution in [2.45, 2.75) is 38.3 Å². The quantitative estimate of drug-likeness (QED) is 0.466. The van der Waals surface area contributed by atoms with E-state index in [2.05, 4.69) is 20.4 Å². The third-order valence-corrected chi connectivity index (χ3v) is 8.37. The molecule has 1 aliphatic carbocycles. The van der Waals surface area contributed by atoms with Gasteiger partial charge in [-0.3, -0.25) is 19.4 Å². The van der Waals surface area contributed by atoms with Crippen molar-refractivity contribution in [3.63, 3.8) is 0 Å². The van der Waals surface area contributed by atoms with E-state index in [1.807, 2.05) is 36.4 Å². The second kappa shape index (κ2) is 12.7. The van der Waals surface area contributed by atoms with Crippen LogP contribution in [0.4, 0.5) is 14.9 Å². The van der Waals surface area contributed by atoms with Crippen molar-refractivity contribution in [3.8, 4) is 5.75 Å². The van der Waals surface area contributed by atoms with Gasteiger partial charge < -0.3 is 20.3 Å². The topological polar surface area (TPSA) is 94.2 Å². The van der Waals surface area contributed by atoms with Crippen LogP contribution in [0.3, 0.4) is 0 Å². The van der Waals surface area contributed by atoms with Crippen LogP contribution in [0.5, 0.6) is 5.75 Å². The molecule has 5 rings (SSSR count). The van der Waals surface area contributed by atoms with Crippen LogP contribution in [-0.2, 0) is 16.1 Å². The fourth-order valence-corrected chi connectivity index (χ4v) is 6.04. The molecular formula is C30H38FN5O4. The third-order valence-electron chi connectivity index (χ3n) is 8.37. The van der Waals surface area contributed by atoms with Gasteiger partial charge in [-0.15, -0.1) is 0 Å². The molecule has 0 aromatic heterocycles. The number of amides is 4. The summed E-state index contributed by atoms with van der Waals surface area (Å²) < 4.78 is 19.2. The largest absolute Gasteiger partial charge is 0.497 e. The molecule has 3 unspecified atom stereocenters. The summed E-state index contributed by atoms with van der Waals surface area (Å²) in [7, 11) is 1.59. The number of hydrogen-bond acceptors (Lipinski definition) is 6. The van der Waals surface area contributed by atoms with Crippen LogP contribution in [0, 0.1) is 17.7 Å². The molecule has 0 spiro atoms. The van der Waals surface area contributed by atoms with Crippen molar-refractivity contribution < 1.29 is 23.5 Å². The van der Waals surface area contributed by atoms with E-state index in [1.165, 1.54) is 11.0 Å². The van der Waals surface area contributed by atoms with E-state index in [4.69, 9.17) is 4.74 Å². The van der Waals surface area contributed by atoms with E-state index in [9.17, 15) is 18.8 Å². The average Bonchev–Trinajstić information content (AvgIpc) is 2.98. The first-order valence-corrected chi connectivity index (χ1v) is 14.2. The first kappa shape index (κ1) is 27.9. The van der Waals surface area contributed by atoms with Crippen molar-refractivity contribution in [2.75, 3.05) is 51.3 Å². The molecule has 2 saturated heterocycles. The van der Waals surface area contributed by atoms with Crippen molar-refractivity contribution in [1.82, 2.24) is 20.4 Å². The first-order chi connectivity index (χ1) is 19.4. The lowest BCUT2D eigenvalue weighted by atomic mass is 9.76. The predicted molar refractivity (Wildman–Crippen MR) is 149 cm³/mol. The number of carbonyl (C=O) groups excluding carboxylic acids is 3. The van der Waals surface area contributed by atoms with Crippen LogP contribution in [0.2, 0.25) is 0 Å². The monoisotopic (exact) mass is 551 g/mol. The van der Waals surface area contributed by atoms with E-state index < -0.39 is 6.03 Å². The summed E-state index contributed by atoms with van der Waals surface area (Å²) in [5.41, 5.74) is 1.51. The summed E-state index contributed by atoms with van der Waals surface area (Å²) in [5, 5.41) is 6.04. The van der Waals surface area contributed by atoms with Gasteiger partial charge in [0.15, 0.2) is 0 Å². The zero-order valence-corrected chi connectivity index (χ0v) is 23.0. The minimum Gasteiger partial charge on any atom is -0.497 e. The summed E-state index contributed by atoms with van der Waals surface area (Å²) >= 11 is 0. The number of imide groups is 1.